The Balaban J connectivity index is 1.47. The van der Waals surface area contributed by atoms with E-state index in [2.05, 4.69) is 26.0 Å². The molecule has 0 aromatic carbocycles. The molecule has 3 fully saturated rings. The summed E-state index contributed by atoms with van der Waals surface area (Å²) < 4.78 is 28.7. The van der Waals surface area contributed by atoms with E-state index in [1.54, 1.807) is 0 Å². The summed E-state index contributed by atoms with van der Waals surface area (Å²) in [5.74, 6) is 0.527. The predicted octanol–water partition coefficient (Wildman–Crippen LogP) is 3.87. The third-order valence-corrected chi connectivity index (χ3v) is 9.60. The molecule has 2 N–H and O–H groups in total. The van der Waals surface area contributed by atoms with Gasteiger partial charge in [0.2, 0.25) is 15.9 Å². The number of nitrogens with one attached hydrogen (secondary N) is 2. The Hall–Kier alpha value is -0.140. The third-order valence-electron chi connectivity index (χ3n) is 6.71. The molecule has 3 aliphatic rings. The van der Waals surface area contributed by atoms with E-state index < -0.39 is 15.3 Å². The van der Waals surface area contributed by atoms with E-state index in [1.807, 2.05) is 0 Å². The molecule has 0 bridgehead atoms. The van der Waals surface area contributed by atoms with Crippen molar-refractivity contribution in [1.82, 2.24) is 10.0 Å². The normalized spacial score (nSPS) is 33.5. The van der Waals surface area contributed by atoms with E-state index in [0.717, 1.165) is 45.1 Å². The molecule has 7 heteroatoms. The Morgan fingerprint density at radius 2 is 1.59 bits per heavy atom. The molecule has 0 heterocycles. The second-order valence-electron chi connectivity index (χ2n) is 8.85. The molecule has 0 aliphatic heterocycles. The lowest BCUT2D eigenvalue weighted by Crippen LogP contribution is -2.46. The molecule has 0 radical (unpaired) electrons. The minimum Gasteiger partial charge on any atom is -0.356 e. The molecule has 2 atom stereocenters. The maximum Gasteiger partial charge on any atom is 0.223 e. The van der Waals surface area contributed by atoms with Crippen LogP contribution in [-0.4, -0.2) is 37.0 Å². The quantitative estimate of drug-likeness (QED) is 0.588. The lowest BCUT2D eigenvalue weighted by molar-refractivity contribution is -0.126. The van der Waals surface area contributed by atoms with Gasteiger partial charge in [0.05, 0.1) is 5.25 Å². The highest BCUT2D eigenvalue weighted by Gasteiger charge is 2.36. The van der Waals surface area contributed by atoms with Crippen LogP contribution in [0.3, 0.4) is 0 Å². The van der Waals surface area contributed by atoms with E-state index in [0.29, 0.717) is 23.6 Å². The van der Waals surface area contributed by atoms with Crippen molar-refractivity contribution in [3.63, 3.8) is 0 Å². The summed E-state index contributed by atoms with van der Waals surface area (Å²) in [5.41, 5.74) is 0. The van der Waals surface area contributed by atoms with Crippen LogP contribution >= 0.6 is 15.9 Å². The molecule has 0 aromatic heterocycles. The van der Waals surface area contributed by atoms with Crippen molar-refractivity contribution in [3.05, 3.63) is 0 Å². The molecule has 27 heavy (non-hydrogen) atoms. The Morgan fingerprint density at radius 3 is 2.30 bits per heavy atom. The largest absolute Gasteiger partial charge is 0.356 e. The molecule has 0 aromatic rings. The van der Waals surface area contributed by atoms with Crippen molar-refractivity contribution in [3.8, 4) is 0 Å². The highest BCUT2D eigenvalue weighted by molar-refractivity contribution is 9.09. The maximum absolute atomic E-state index is 12.9. The first-order chi connectivity index (χ1) is 12.9. The standard InChI is InChI=1S/C20H35BrN2O3S/c21-17-9-11-18(12-10-17)23-27(25,26)19-8-4-7-16(13-19)20(24)22-14-15-5-2-1-3-6-15/h15-19,23H,1-14H2,(H,22,24). The summed E-state index contributed by atoms with van der Waals surface area (Å²) in [6.45, 7) is 0.765. The fraction of sp³-hybridized carbons (Fsp3) is 0.950. The summed E-state index contributed by atoms with van der Waals surface area (Å²) in [4.78, 5) is 13.1. The van der Waals surface area contributed by atoms with Crippen LogP contribution < -0.4 is 10.0 Å². The fourth-order valence-electron chi connectivity index (χ4n) is 4.94. The van der Waals surface area contributed by atoms with Gasteiger partial charge in [-0.3, -0.25) is 4.79 Å². The Bertz CT molecular complexity index is 584. The third kappa shape index (κ3) is 6.43. The number of carbonyl (C=O) groups excluding carboxylic acids is 1. The van der Waals surface area contributed by atoms with Crippen LogP contribution in [0.2, 0.25) is 0 Å². The molecule has 3 aliphatic carbocycles. The second-order valence-corrected chi connectivity index (χ2v) is 12.1. The lowest BCUT2D eigenvalue weighted by Gasteiger charge is -2.32. The zero-order chi connectivity index (χ0) is 19.3. The molecular weight excluding hydrogens is 428 g/mol. The van der Waals surface area contributed by atoms with Gasteiger partial charge in [0.15, 0.2) is 0 Å². The first-order valence-corrected chi connectivity index (χ1v) is 13.3. The summed E-state index contributed by atoms with van der Waals surface area (Å²) in [6, 6.07) is 0.0595. The topological polar surface area (TPSA) is 75.3 Å². The van der Waals surface area contributed by atoms with E-state index in [1.165, 1.54) is 32.1 Å². The first kappa shape index (κ1) is 21.6. The number of carbonyl (C=O) groups is 1. The zero-order valence-corrected chi connectivity index (χ0v) is 18.7. The number of amides is 1. The molecule has 5 nitrogen and oxygen atoms in total. The molecule has 156 valence electrons. The van der Waals surface area contributed by atoms with Crippen molar-refractivity contribution in [1.29, 1.82) is 0 Å². The number of rotatable bonds is 6. The predicted molar refractivity (Wildman–Crippen MR) is 112 cm³/mol. The molecule has 0 saturated heterocycles. The Morgan fingerprint density at radius 1 is 0.889 bits per heavy atom. The summed E-state index contributed by atoms with van der Waals surface area (Å²) in [6.07, 6.45) is 12.9. The van der Waals surface area contributed by atoms with Gasteiger partial charge in [0, 0.05) is 23.3 Å². The van der Waals surface area contributed by atoms with Gasteiger partial charge in [-0.1, -0.05) is 41.6 Å². The molecule has 3 saturated carbocycles. The van der Waals surface area contributed by atoms with Crippen molar-refractivity contribution < 1.29 is 13.2 Å². The minimum absolute atomic E-state index is 0.0595. The van der Waals surface area contributed by atoms with Crippen LogP contribution in [0.25, 0.3) is 0 Å². The van der Waals surface area contributed by atoms with Crippen LogP contribution in [-0.2, 0) is 14.8 Å². The number of alkyl halides is 1. The van der Waals surface area contributed by atoms with E-state index in [9.17, 15) is 13.2 Å². The highest BCUT2D eigenvalue weighted by Crippen LogP contribution is 2.31. The summed E-state index contributed by atoms with van der Waals surface area (Å²) in [7, 11) is -3.35. The highest BCUT2D eigenvalue weighted by atomic mass is 79.9. The van der Waals surface area contributed by atoms with Crippen molar-refractivity contribution in [2.24, 2.45) is 11.8 Å². The van der Waals surface area contributed by atoms with E-state index >= 15 is 0 Å². The first-order valence-electron chi connectivity index (χ1n) is 10.9. The zero-order valence-electron chi connectivity index (χ0n) is 16.3. The molecule has 2 unspecified atom stereocenters. The van der Waals surface area contributed by atoms with E-state index in [-0.39, 0.29) is 17.9 Å². The molecule has 3 rings (SSSR count). The van der Waals surface area contributed by atoms with Gasteiger partial charge in [0.25, 0.3) is 0 Å². The monoisotopic (exact) mass is 462 g/mol. The number of hydrogen-bond acceptors (Lipinski definition) is 3. The number of hydrogen-bond donors (Lipinski definition) is 2. The van der Waals surface area contributed by atoms with Crippen LogP contribution in [0, 0.1) is 11.8 Å². The summed E-state index contributed by atoms with van der Waals surface area (Å²) >= 11 is 3.62. The van der Waals surface area contributed by atoms with Gasteiger partial charge in [0.1, 0.15) is 0 Å². The van der Waals surface area contributed by atoms with E-state index in [4.69, 9.17) is 0 Å². The fourth-order valence-corrected chi connectivity index (χ4v) is 7.33. The van der Waals surface area contributed by atoms with Crippen LogP contribution in [0.1, 0.15) is 83.5 Å². The van der Waals surface area contributed by atoms with Crippen molar-refractivity contribution >= 4 is 31.9 Å². The van der Waals surface area contributed by atoms with Gasteiger partial charge in [-0.05, 0) is 63.7 Å². The van der Waals surface area contributed by atoms with Gasteiger partial charge in [-0.25, -0.2) is 13.1 Å². The molecular formula is C20H35BrN2O3S. The lowest BCUT2D eigenvalue weighted by atomic mass is 9.87. The SMILES string of the molecule is O=C(NCC1CCCCC1)C1CCCC(S(=O)(=O)NC2CCC(Br)CC2)C1. The molecule has 0 spiro atoms. The number of sulfonamides is 1. The maximum atomic E-state index is 12.9. The van der Waals surface area contributed by atoms with Gasteiger partial charge < -0.3 is 5.32 Å². The van der Waals surface area contributed by atoms with Gasteiger partial charge in [-0.15, -0.1) is 0 Å². The molecule has 1 amide bonds. The average Bonchev–Trinajstić information content (AvgIpc) is 2.68. The van der Waals surface area contributed by atoms with Gasteiger partial charge in [-0.2, -0.15) is 0 Å². The minimum atomic E-state index is -3.35. The van der Waals surface area contributed by atoms with Crippen molar-refractivity contribution in [2.45, 2.75) is 99.6 Å². The average molecular weight is 463 g/mol. The Kier molecular flexibility index (Phi) is 8.03. The number of halogens is 1. The summed E-state index contributed by atoms with van der Waals surface area (Å²) in [5, 5.41) is 2.70. The smallest absolute Gasteiger partial charge is 0.223 e. The van der Waals surface area contributed by atoms with Crippen LogP contribution in [0.15, 0.2) is 0 Å². The van der Waals surface area contributed by atoms with Crippen LogP contribution in [0.5, 0.6) is 0 Å². The van der Waals surface area contributed by atoms with Crippen molar-refractivity contribution in [2.75, 3.05) is 6.54 Å². The van der Waals surface area contributed by atoms with Crippen LogP contribution in [0.4, 0.5) is 0 Å². The Labute approximate surface area is 173 Å². The second kappa shape index (κ2) is 10.1. The van der Waals surface area contributed by atoms with Gasteiger partial charge >= 0.3 is 0 Å².